The number of fused-ring (bicyclic) bond motifs is 2. The molecule has 0 saturated heterocycles. The number of nitrogens with zero attached hydrogens (tertiary/aromatic N) is 4. The molecule has 0 saturated carbocycles. The van der Waals surface area contributed by atoms with Crippen molar-refractivity contribution in [2.45, 2.75) is 32.9 Å². The highest BCUT2D eigenvalue weighted by Crippen LogP contribution is 2.25. The van der Waals surface area contributed by atoms with E-state index in [1.807, 2.05) is 55.9 Å². The van der Waals surface area contributed by atoms with Gasteiger partial charge < -0.3 is 9.47 Å². The number of hydrogen-bond acceptors (Lipinski definition) is 5. The highest BCUT2D eigenvalue weighted by atomic mass is 35.5. The van der Waals surface area contributed by atoms with Gasteiger partial charge >= 0.3 is 5.69 Å². The number of hydrogen-bond donors (Lipinski definition) is 1. The maximum atomic E-state index is 12.4. The van der Waals surface area contributed by atoms with Crippen LogP contribution in [-0.4, -0.2) is 38.5 Å². The molecule has 2 aliphatic heterocycles. The van der Waals surface area contributed by atoms with Gasteiger partial charge in [0.2, 0.25) is 0 Å². The van der Waals surface area contributed by atoms with E-state index in [2.05, 4.69) is 25.9 Å². The van der Waals surface area contributed by atoms with Crippen molar-refractivity contribution in [3.8, 4) is 11.5 Å². The van der Waals surface area contributed by atoms with E-state index in [9.17, 15) is 9.59 Å². The minimum Gasteiger partial charge on any atom is -0.322 e. The zero-order valence-corrected chi connectivity index (χ0v) is 18.5. The van der Waals surface area contributed by atoms with E-state index < -0.39 is 11.2 Å². The molecule has 0 aromatic heterocycles. The predicted molar refractivity (Wildman–Crippen MR) is 123 cm³/mol. The molecule has 2 aromatic rings. The van der Waals surface area contributed by atoms with Crippen molar-refractivity contribution in [2.24, 2.45) is 0 Å². The second-order valence-corrected chi connectivity index (χ2v) is 8.48. The fourth-order valence-corrected chi connectivity index (χ4v) is 3.94. The van der Waals surface area contributed by atoms with Gasteiger partial charge in [-0.2, -0.15) is 4.98 Å². The Balaban J connectivity index is 1.82. The van der Waals surface area contributed by atoms with Crippen LogP contribution in [0, 0.1) is 6.92 Å². The average Bonchev–Trinajstić information content (AvgIpc) is 2.70. The summed E-state index contributed by atoms with van der Waals surface area (Å²) in [5.41, 5.74) is 4.02. The molecule has 7 nitrogen and oxygen atoms in total. The van der Waals surface area contributed by atoms with E-state index in [1.165, 1.54) is 5.56 Å². The van der Waals surface area contributed by atoms with Crippen molar-refractivity contribution in [3.05, 3.63) is 78.9 Å². The van der Waals surface area contributed by atoms with Crippen molar-refractivity contribution in [1.82, 2.24) is 24.4 Å². The molecule has 2 aliphatic rings. The Kier molecular flexibility index (Phi) is 5.89. The minimum atomic E-state index is -0.661. The summed E-state index contributed by atoms with van der Waals surface area (Å²) in [4.78, 5) is 37.4. The normalized spacial score (nSPS) is 11.6. The van der Waals surface area contributed by atoms with Crippen molar-refractivity contribution >= 4 is 22.6 Å². The largest absolute Gasteiger partial charge is 0.349 e. The summed E-state index contributed by atoms with van der Waals surface area (Å²) in [6.07, 6.45) is 1.64. The number of H-pyrrole nitrogens is 1. The molecular formula is C23H24ClN5O2. The van der Waals surface area contributed by atoms with Crippen LogP contribution in [0.5, 0.6) is 0 Å². The monoisotopic (exact) mass is 437 g/mol. The maximum absolute atomic E-state index is 12.4. The lowest BCUT2D eigenvalue weighted by Gasteiger charge is -2.19. The van der Waals surface area contributed by atoms with Gasteiger partial charge in [-0.05, 0) is 74.8 Å². The van der Waals surface area contributed by atoms with Gasteiger partial charge in [0.05, 0.1) is 11.0 Å². The molecule has 0 amide bonds. The molecule has 2 aromatic carbocycles. The molecule has 0 unspecified atom stereocenters. The average molecular weight is 438 g/mol. The van der Waals surface area contributed by atoms with Gasteiger partial charge in [-0.1, -0.05) is 23.7 Å². The summed E-state index contributed by atoms with van der Waals surface area (Å²) in [6, 6.07) is 11.9. The summed E-state index contributed by atoms with van der Waals surface area (Å²) in [6.45, 7) is 3.41. The van der Waals surface area contributed by atoms with Crippen LogP contribution in [0.1, 0.15) is 23.1 Å². The summed E-state index contributed by atoms with van der Waals surface area (Å²) in [7, 11) is 4.04. The molecule has 8 heteroatoms. The van der Waals surface area contributed by atoms with Gasteiger partial charge in [-0.3, -0.25) is 9.78 Å². The van der Waals surface area contributed by atoms with Gasteiger partial charge in [0.1, 0.15) is 0 Å². The first-order chi connectivity index (χ1) is 14.8. The number of benzene rings is 2. The second kappa shape index (κ2) is 8.61. The van der Waals surface area contributed by atoms with E-state index in [-0.39, 0.29) is 5.69 Å². The van der Waals surface area contributed by atoms with Crippen LogP contribution < -0.4 is 11.2 Å². The van der Waals surface area contributed by atoms with Crippen LogP contribution in [0.2, 0.25) is 5.02 Å². The molecule has 2 heterocycles. The summed E-state index contributed by atoms with van der Waals surface area (Å²) in [5, 5.41) is 0.708. The highest BCUT2D eigenvalue weighted by molar-refractivity contribution is 6.30. The topological polar surface area (TPSA) is 83.9 Å². The Morgan fingerprint density at radius 1 is 1.10 bits per heavy atom. The SMILES string of the molecule is Cc1cc2nc3c(=O)[nH]c(=O)nc-3n(CCCc3ccc(Cl)cc3)c2cc1CN(C)C. The number of aryl methyl sites for hydroxylation is 3. The Hall–Kier alpha value is -3.03. The molecule has 1 N–H and O–H groups in total. The fraction of sp³-hybridized carbons (Fsp3) is 0.304. The predicted octanol–water partition coefficient (Wildman–Crippen LogP) is 3.24. The highest BCUT2D eigenvalue weighted by Gasteiger charge is 2.19. The second-order valence-electron chi connectivity index (χ2n) is 8.04. The maximum Gasteiger partial charge on any atom is 0.349 e. The summed E-state index contributed by atoms with van der Waals surface area (Å²) < 4.78 is 1.95. The van der Waals surface area contributed by atoms with E-state index >= 15 is 0 Å². The van der Waals surface area contributed by atoms with Gasteiger partial charge in [0.25, 0.3) is 5.56 Å². The third kappa shape index (κ3) is 4.52. The van der Waals surface area contributed by atoms with Crippen molar-refractivity contribution in [1.29, 1.82) is 0 Å². The lowest BCUT2D eigenvalue weighted by molar-refractivity contribution is 0.401. The summed E-state index contributed by atoms with van der Waals surface area (Å²) in [5.74, 6) is 0.317. The third-order valence-electron chi connectivity index (χ3n) is 5.31. The zero-order chi connectivity index (χ0) is 22.1. The first-order valence-electron chi connectivity index (χ1n) is 10.1. The first kappa shape index (κ1) is 21.2. The van der Waals surface area contributed by atoms with Crippen molar-refractivity contribution in [3.63, 3.8) is 0 Å². The van der Waals surface area contributed by atoms with Crippen molar-refractivity contribution < 1.29 is 0 Å². The Labute approximate surface area is 184 Å². The van der Waals surface area contributed by atoms with E-state index in [0.29, 0.717) is 22.9 Å². The summed E-state index contributed by atoms with van der Waals surface area (Å²) >= 11 is 5.98. The van der Waals surface area contributed by atoms with Gasteiger partial charge in [-0.15, -0.1) is 0 Å². The number of aromatic amines is 1. The molecule has 0 bridgehead atoms. The van der Waals surface area contributed by atoms with E-state index in [1.54, 1.807) is 0 Å². The molecule has 31 heavy (non-hydrogen) atoms. The van der Waals surface area contributed by atoms with Crippen LogP contribution in [0.25, 0.3) is 22.6 Å². The molecule has 0 atom stereocenters. The lowest BCUT2D eigenvalue weighted by atomic mass is 10.1. The molecular weight excluding hydrogens is 414 g/mol. The van der Waals surface area contributed by atoms with Crippen molar-refractivity contribution in [2.75, 3.05) is 14.1 Å². The first-order valence-corrected chi connectivity index (χ1v) is 10.5. The van der Waals surface area contributed by atoms with Crippen LogP contribution in [0.3, 0.4) is 0 Å². The molecule has 0 radical (unpaired) electrons. The van der Waals surface area contributed by atoms with Crippen LogP contribution in [-0.2, 0) is 19.5 Å². The molecule has 4 rings (SSSR count). The Bertz CT molecular complexity index is 1320. The number of nitrogens with one attached hydrogen (secondary N) is 1. The van der Waals surface area contributed by atoms with E-state index in [4.69, 9.17) is 11.6 Å². The quantitative estimate of drug-likeness (QED) is 0.468. The minimum absolute atomic E-state index is 0.179. The molecule has 0 spiro atoms. The van der Waals surface area contributed by atoms with Gasteiger partial charge in [-0.25, -0.2) is 9.78 Å². The molecule has 0 fully saturated rings. The Morgan fingerprint density at radius 2 is 1.84 bits per heavy atom. The van der Waals surface area contributed by atoms with Gasteiger partial charge in [0.15, 0.2) is 11.5 Å². The molecule has 0 aliphatic carbocycles. The standard InChI is InChI=1S/C23H24ClN5O2/c1-14-11-18-19(12-16(14)13-28(2)3)29(10-4-5-15-6-8-17(24)9-7-15)21-20(25-18)22(30)27-23(31)26-21/h6-9,11-12H,4-5,10,13H2,1-3H3,(H,27,30,31). The lowest BCUT2D eigenvalue weighted by Crippen LogP contribution is -2.29. The van der Waals surface area contributed by atoms with Crippen LogP contribution >= 0.6 is 11.6 Å². The molecule has 160 valence electrons. The van der Waals surface area contributed by atoms with E-state index in [0.717, 1.165) is 36.0 Å². The number of aromatic nitrogens is 4. The number of rotatable bonds is 6. The third-order valence-corrected chi connectivity index (χ3v) is 5.57. The van der Waals surface area contributed by atoms with Crippen LogP contribution in [0.4, 0.5) is 0 Å². The van der Waals surface area contributed by atoms with Crippen LogP contribution in [0.15, 0.2) is 46.0 Å². The van der Waals surface area contributed by atoms with Gasteiger partial charge in [0, 0.05) is 18.1 Å². The smallest absolute Gasteiger partial charge is 0.322 e. The number of halogens is 1. The Morgan fingerprint density at radius 3 is 2.55 bits per heavy atom. The zero-order valence-electron chi connectivity index (χ0n) is 17.8. The fourth-order valence-electron chi connectivity index (χ4n) is 3.82.